The van der Waals surface area contributed by atoms with Gasteiger partial charge in [0.05, 0.1) is 6.10 Å². The zero-order valence-corrected chi connectivity index (χ0v) is 23.3. The van der Waals surface area contributed by atoms with Gasteiger partial charge in [0, 0.05) is 69.9 Å². The minimum Gasteiger partial charge on any atom is -0.381 e. The third-order valence-electron chi connectivity index (χ3n) is 9.60. The van der Waals surface area contributed by atoms with Crippen LogP contribution in [0.5, 0.6) is 0 Å². The highest BCUT2D eigenvalue weighted by atomic mass is 35.5. The van der Waals surface area contributed by atoms with Crippen molar-refractivity contribution in [1.29, 1.82) is 0 Å². The molecular formula is C30H48ClN3O. The molecule has 4 nitrogen and oxygen atoms in total. The average Bonchev–Trinajstić information content (AvgIpc) is 3.73. The van der Waals surface area contributed by atoms with Gasteiger partial charge in [-0.25, -0.2) is 0 Å². The van der Waals surface area contributed by atoms with Gasteiger partial charge in [-0.15, -0.1) is 12.4 Å². The van der Waals surface area contributed by atoms with E-state index >= 15 is 0 Å². The van der Waals surface area contributed by atoms with Crippen LogP contribution in [0, 0.1) is 11.3 Å². The van der Waals surface area contributed by atoms with E-state index in [1.54, 1.807) is 5.57 Å². The smallest absolute Gasteiger partial charge is 0.0605 e. The van der Waals surface area contributed by atoms with Crippen LogP contribution in [-0.2, 0) is 4.74 Å². The molecule has 196 valence electrons. The van der Waals surface area contributed by atoms with Gasteiger partial charge in [0.15, 0.2) is 0 Å². The van der Waals surface area contributed by atoms with E-state index in [1.165, 1.54) is 94.6 Å². The summed E-state index contributed by atoms with van der Waals surface area (Å²) in [5.41, 5.74) is 6.53. The maximum absolute atomic E-state index is 5.62. The molecule has 1 aromatic rings. The minimum atomic E-state index is 0. The SMILES string of the molecule is CCC1(CC)CC=C(c2cc(N3CCC(OC)CC3)ccc2N2CCN(CC3CC3)CC2)CC1.Cl. The molecule has 2 aliphatic heterocycles. The van der Waals surface area contributed by atoms with Crippen LogP contribution in [0.3, 0.4) is 0 Å². The van der Waals surface area contributed by atoms with Gasteiger partial charge < -0.3 is 14.5 Å². The van der Waals surface area contributed by atoms with Crippen molar-refractivity contribution < 1.29 is 4.74 Å². The highest BCUT2D eigenvalue weighted by molar-refractivity contribution is 5.85. The molecule has 0 amide bonds. The van der Waals surface area contributed by atoms with Crippen LogP contribution in [0.25, 0.3) is 5.57 Å². The van der Waals surface area contributed by atoms with Crippen molar-refractivity contribution in [3.05, 3.63) is 29.8 Å². The number of ether oxygens (including phenoxy) is 1. The Bertz CT molecular complexity index is 847. The third kappa shape index (κ3) is 6.19. The molecule has 0 bridgehead atoms. The molecule has 5 rings (SSSR count). The highest BCUT2D eigenvalue weighted by Gasteiger charge is 2.31. The summed E-state index contributed by atoms with van der Waals surface area (Å²) < 4.78 is 5.62. The summed E-state index contributed by atoms with van der Waals surface area (Å²) >= 11 is 0. The number of allylic oxidation sites excluding steroid dienone is 2. The summed E-state index contributed by atoms with van der Waals surface area (Å²) in [6.45, 7) is 13.1. The normalized spacial score (nSPS) is 23.7. The summed E-state index contributed by atoms with van der Waals surface area (Å²) in [4.78, 5) is 7.98. The Labute approximate surface area is 220 Å². The van der Waals surface area contributed by atoms with Crippen molar-refractivity contribution in [3.8, 4) is 0 Å². The predicted molar refractivity (Wildman–Crippen MR) is 152 cm³/mol. The van der Waals surface area contributed by atoms with E-state index in [1.807, 2.05) is 7.11 Å². The van der Waals surface area contributed by atoms with Gasteiger partial charge in [0.25, 0.3) is 0 Å². The van der Waals surface area contributed by atoms with Gasteiger partial charge in [-0.3, -0.25) is 4.90 Å². The number of benzene rings is 1. The first-order chi connectivity index (χ1) is 16.6. The minimum absolute atomic E-state index is 0. The maximum atomic E-state index is 5.62. The highest BCUT2D eigenvalue weighted by Crippen LogP contribution is 2.46. The number of hydrogen-bond acceptors (Lipinski definition) is 4. The second-order valence-electron chi connectivity index (χ2n) is 11.5. The number of methoxy groups -OCH3 is 1. The molecule has 4 aliphatic rings. The van der Waals surface area contributed by atoms with Crippen LogP contribution in [0.2, 0.25) is 0 Å². The molecule has 2 saturated heterocycles. The van der Waals surface area contributed by atoms with Gasteiger partial charge in [-0.05, 0) is 80.1 Å². The fourth-order valence-corrected chi connectivity index (χ4v) is 6.52. The van der Waals surface area contributed by atoms with E-state index in [9.17, 15) is 0 Å². The Morgan fingerprint density at radius 1 is 0.914 bits per heavy atom. The van der Waals surface area contributed by atoms with Crippen molar-refractivity contribution in [2.45, 2.75) is 77.7 Å². The summed E-state index contributed by atoms with van der Waals surface area (Å²) in [7, 11) is 1.86. The summed E-state index contributed by atoms with van der Waals surface area (Å²) in [5.74, 6) is 0.994. The first-order valence-electron chi connectivity index (χ1n) is 14.2. The molecule has 5 heteroatoms. The summed E-state index contributed by atoms with van der Waals surface area (Å²) in [6, 6.07) is 7.38. The fourth-order valence-electron chi connectivity index (χ4n) is 6.52. The van der Waals surface area contributed by atoms with Crippen LogP contribution in [-0.4, -0.2) is 63.9 Å². The van der Waals surface area contributed by atoms with E-state index in [4.69, 9.17) is 4.74 Å². The zero-order chi connectivity index (χ0) is 23.5. The number of rotatable bonds is 8. The Morgan fingerprint density at radius 3 is 2.20 bits per heavy atom. The molecule has 0 radical (unpaired) electrons. The third-order valence-corrected chi connectivity index (χ3v) is 9.60. The molecule has 0 atom stereocenters. The summed E-state index contributed by atoms with van der Waals surface area (Å²) in [5, 5.41) is 0. The summed E-state index contributed by atoms with van der Waals surface area (Å²) in [6.07, 6.45) is 14.6. The lowest BCUT2D eigenvalue weighted by molar-refractivity contribution is 0.0819. The Hall–Kier alpha value is -1.23. The molecule has 3 fully saturated rings. The second kappa shape index (κ2) is 11.9. The van der Waals surface area contributed by atoms with Crippen molar-refractivity contribution >= 4 is 29.4 Å². The fraction of sp³-hybridized carbons (Fsp3) is 0.733. The second-order valence-corrected chi connectivity index (χ2v) is 11.5. The van der Waals surface area contributed by atoms with Crippen molar-refractivity contribution in [3.63, 3.8) is 0 Å². The van der Waals surface area contributed by atoms with Gasteiger partial charge in [-0.1, -0.05) is 32.8 Å². The van der Waals surface area contributed by atoms with Gasteiger partial charge in [0.1, 0.15) is 0 Å². The Balaban J connectivity index is 0.00000289. The molecule has 2 heterocycles. The molecule has 0 unspecified atom stereocenters. The van der Waals surface area contributed by atoms with Gasteiger partial charge in [0.2, 0.25) is 0 Å². The largest absolute Gasteiger partial charge is 0.381 e. The van der Waals surface area contributed by atoms with E-state index in [-0.39, 0.29) is 12.4 Å². The number of hydrogen-bond donors (Lipinski definition) is 0. The number of anilines is 2. The van der Waals surface area contributed by atoms with Crippen molar-refractivity contribution in [2.24, 2.45) is 11.3 Å². The quantitative estimate of drug-likeness (QED) is 0.398. The molecule has 35 heavy (non-hydrogen) atoms. The average molecular weight is 502 g/mol. The van der Waals surface area contributed by atoms with Crippen LogP contribution in [0.1, 0.15) is 77.2 Å². The zero-order valence-electron chi connectivity index (χ0n) is 22.4. The van der Waals surface area contributed by atoms with Crippen LogP contribution in [0.15, 0.2) is 24.3 Å². The molecule has 0 N–H and O–H groups in total. The molecule has 2 aliphatic carbocycles. The molecule has 1 saturated carbocycles. The molecule has 0 aromatic heterocycles. The van der Waals surface area contributed by atoms with Crippen LogP contribution >= 0.6 is 12.4 Å². The lowest BCUT2D eigenvalue weighted by atomic mass is 9.70. The molecular weight excluding hydrogens is 454 g/mol. The van der Waals surface area contributed by atoms with Crippen LogP contribution in [0.4, 0.5) is 11.4 Å². The van der Waals surface area contributed by atoms with E-state index in [0.29, 0.717) is 11.5 Å². The number of halogens is 1. The first kappa shape index (κ1) is 26.8. The topological polar surface area (TPSA) is 19.0 Å². The Morgan fingerprint density at radius 2 is 1.63 bits per heavy atom. The molecule has 1 aromatic carbocycles. The standard InChI is InChI=1S/C30H47N3O.ClH/c1-4-30(5-2)14-10-25(11-15-30)28-22-26(32-16-12-27(34-3)13-17-32)8-9-29(28)33-20-18-31(19-21-33)23-24-6-7-24;/h8-10,22,24,27H,4-7,11-21,23H2,1-3H3;1H. The van der Waals surface area contributed by atoms with E-state index < -0.39 is 0 Å². The number of piperidine rings is 1. The van der Waals surface area contributed by atoms with Crippen molar-refractivity contribution in [1.82, 2.24) is 4.90 Å². The lowest BCUT2D eigenvalue weighted by Gasteiger charge is -2.39. The number of nitrogens with zero attached hydrogens (tertiary/aromatic N) is 3. The van der Waals surface area contributed by atoms with Crippen molar-refractivity contribution in [2.75, 3.05) is 62.7 Å². The lowest BCUT2D eigenvalue weighted by Crippen LogP contribution is -2.47. The van der Waals surface area contributed by atoms with Crippen LogP contribution < -0.4 is 9.80 Å². The number of piperazine rings is 1. The Kier molecular flexibility index (Phi) is 9.10. The van der Waals surface area contributed by atoms with Gasteiger partial charge in [-0.2, -0.15) is 0 Å². The van der Waals surface area contributed by atoms with E-state index in [2.05, 4.69) is 52.8 Å². The molecule has 0 spiro atoms. The predicted octanol–water partition coefficient (Wildman–Crippen LogP) is 6.63. The van der Waals surface area contributed by atoms with E-state index in [0.717, 1.165) is 31.8 Å². The van der Waals surface area contributed by atoms with Gasteiger partial charge >= 0.3 is 0 Å². The first-order valence-corrected chi connectivity index (χ1v) is 14.2. The maximum Gasteiger partial charge on any atom is 0.0605 e. The monoisotopic (exact) mass is 501 g/mol.